The second-order valence-corrected chi connectivity index (χ2v) is 7.73. The lowest BCUT2D eigenvalue weighted by Gasteiger charge is -2.26. The van der Waals surface area contributed by atoms with Gasteiger partial charge in [-0.3, -0.25) is 0 Å². The largest absolute Gasteiger partial charge is 0.206 e. The van der Waals surface area contributed by atoms with Gasteiger partial charge in [0, 0.05) is 11.1 Å². The Morgan fingerprint density at radius 2 is 1.58 bits per heavy atom. The van der Waals surface area contributed by atoms with Crippen molar-refractivity contribution in [1.29, 1.82) is 0 Å². The summed E-state index contributed by atoms with van der Waals surface area (Å²) in [6.45, 7) is 4.07. The second-order valence-electron chi connectivity index (χ2n) is 7.73. The standard InChI is InChI=1S/C23H27F3/c1-3-18-11-13-20(23(26)22(18)25)19-12-10-17(14-21(19)24)9-8-16-6-4-15(2)5-7-16/h10-16H,3-9H2,1-2H3. The van der Waals surface area contributed by atoms with E-state index in [1.165, 1.54) is 43.9 Å². The highest BCUT2D eigenvalue weighted by Crippen LogP contribution is 2.32. The van der Waals surface area contributed by atoms with E-state index in [0.29, 0.717) is 12.0 Å². The van der Waals surface area contributed by atoms with E-state index in [0.717, 1.165) is 30.2 Å². The fourth-order valence-electron chi connectivity index (χ4n) is 3.99. The molecule has 0 nitrogen and oxygen atoms in total. The van der Waals surface area contributed by atoms with Gasteiger partial charge in [-0.2, -0.15) is 0 Å². The average molecular weight is 360 g/mol. The van der Waals surface area contributed by atoms with Gasteiger partial charge in [0.1, 0.15) is 5.82 Å². The molecule has 0 aromatic heterocycles. The van der Waals surface area contributed by atoms with Gasteiger partial charge in [0.25, 0.3) is 0 Å². The van der Waals surface area contributed by atoms with Crippen molar-refractivity contribution in [3.05, 3.63) is 58.9 Å². The maximum atomic E-state index is 14.6. The summed E-state index contributed by atoms with van der Waals surface area (Å²) in [4.78, 5) is 0. The van der Waals surface area contributed by atoms with Gasteiger partial charge in [-0.25, -0.2) is 13.2 Å². The maximum Gasteiger partial charge on any atom is 0.167 e. The highest BCUT2D eigenvalue weighted by Gasteiger charge is 2.19. The molecule has 1 saturated carbocycles. The van der Waals surface area contributed by atoms with Crippen molar-refractivity contribution in [3.63, 3.8) is 0 Å². The monoisotopic (exact) mass is 360 g/mol. The van der Waals surface area contributed by atoms with Gasteiger partial charge in [-0.15, -0.1) is 0 Å². The van der Waals surface area contributed by atoms with Crippen molar-refractivity contribution in [3.8, 4) is 11.1 Å². The first-order chi connectivity index (χ1) is 12.5. The molecular weight excluding hydrogens is 333 g/mol. The minimum absolute atomic E-state index is 0.00924. The number of halogens is 3. The summed E-state index contributed by atoms with van der Waals surface area (Å²) >= 11 is 0. The van der Waals surface area contributed by atoms with E-state index < -0.39 is 17.5 Å². The molecule has 0 saturated heterocycles. The van der Waals surface area contributed by atoms with E-state index in [1.807, 2.05) is 6.07 Å². The van der Waals surface area contributed by atoms with E-state index in [-0.39, 0.29) is 11.1 Å². The van der Waals surface area contributed by atoms with Crippen molar-refractivity contribution >= 4 is 0 Å². The Bertz CT molecular complexity index is 758. The third-order valence-electron chi connectivity index (χ3n) is 5.84. The third kappa shape index (κ3) is 4.13. The molecule has 3 heteroatoms. The molecule has 1 fully saturated rings. The van der Waals surface area contributed by atoms with Crippen molar-refractivity contribution in [2.45, 2.75) is 58.8 Å². The molecule has 0 radical (unpaired) electrons. The fraction of sp³-hybridized carbons (Fsp3) is 0.478. The van der Waals surface area contributed by atoms with E-state index in [2.05, 4.69) is 6.92 Å². The zero-order valence-corrected chi connectivity index (χ0v) is 15.6. The zero-order chi connectivity index (χ0) is 18.7. The van der Waals surface area contributed by atoms with Crippen LogP contribution in [0.25, 0.3) is 11.1 Å². The van der Waals surface area contributed by atoms with Crippen molar-refractivity contribution in [1.82, 2.24) is 0 Å². The lowest BCUT2D eigenvalue weighted by molar-refractivity contribution is 0.277. The van der Waals surface area contributed by atoms with Crippen LogP contribution >= 0.6 is 0 Å². The Hall–Kier alpha value is -1.77. The van der Waals surface area contributed by atoms with Crippen LogP contribution in [-0.4, -0.2) is 0 Å². The molecule has 0 unspecified atom stereocenters. The first-order valence-corrected chi connectivity index (χ1v) is 9.75. The molecule has 1 aliphatic rings. The lowest BCUT2D eigenvalue weighted by Crippen LogP contribution is -2.13. The summed E-state index contributed by atoms with van der Waals surface area (Å²) in [7, 11) is 0. The van der Waals surface area contributed by atoms with Gasteiger partial charge in [0.2, 0.25) is 0 Å². The van der Waals surface area contributed by atoms with E-state index in [1.54, 1.807) is 13.0 Å². The van der Waals surface area contributed by atoms with Crippen LogP contribution in [-0.2, 0) is 12.8 Å². The van der Waals surface area contributed by atoms with E-state index in [4.69, 9.17) is 0 Å². The normalized spacial score (nSPS) is 20.3. The van der Waals surface area contributed by atoms with Crippen LogP contribution in [0.3, 0.4) is 0 Å². The SMILES string of the molecule is CCc1ccc(-c2ccc(CCC3CCC(C)CC3)cc2F)c(F)c1F. The van der Waals surface area contributed by atoms with Gasteiger partial charge in [-0.1, -0.05) is 63.8 Å². The Labute approximate surface area is 154 Å². The first-order valence-electron chi connectivity index (χ1n) is 9.75. The fourth-order valence-corrected chi connectivity index (χ4v) is 3.99. The van der Waals surface area contributed by atoms with Crippen molar-refractivity contribution in [2.75, 3.05) is 0 Å². The summed E-state index contributed by atoms with van der Waals surface area (Å²) < 4.78 is 42.9. The summed E-state index contributed by atoms with van der Waals surface area (Å²) in [5.74, 6) is -0.769. The van der Waals surface area contributed by atoms with Crippen LogP contribution < -0.4 is 0 Å². The molecule has 2 aromatic rings. The average Bonchev–Trinajstić information content (AvgIpc) is 2.64. The van der Waals surface area contributed by atoms with Gasteiger partial charge < -0.3 is 0 Å². The Morgan fingerprint density at radius 3 is 2.23 bits per heavy atom. The van der Waals surface area contributed by atoms with Crippen molar-refractivity contribution in [2.24, 2.45) is 11.8 Å². The summed E-state index contributed by atoms with van der Waals surface area (Å²) in [5.41, 5.74) is 1.35. The minimum Gasteiger partial charge on any atom is -0.206 e. The van der Waals surface area contributed by atoms with Gasteiger partial charge in [-0.05, 0) is 48.3 Å². The molecule has 0 amide bonds. The number of rotatable bonds is 5. The van der Waals surface area contributed by atoms with Crippen LogP contribution in [0.2, 0.25) is 0 Å². The molecule has 0 atom stereocenters. The van der Waals surface area contributed by atoms with Crippen LogP contribution in [0, 0.1) is 29.3 Å². The maximum absolute atomic E-state index is 14.6. The van der Waals surface area contributed by atoms with Gasteiger partial charge in [0.15, 0.2) is 11.6 Å². The number of benzene rings is 2. The molecule has 26 heavy (non-hydrogen) atoms. The highest BCUT2D eigenvalue weighted by atomic mass is 19.2. The summed E-state index contributed by atoms with van der Waals surface area (Å²) in [5, 5.41) is 0. The molecule has 1 aliphatic carbocycles. The van der Waals surface area contributed by atoms with Gasteiger partial charge in [0.05, 0.1) is 0 Å². The molecular formula is C23H27F3. The van der Waals surface area contributed by atoms with Crippen molar-refractivity contribution < 1.29 is 13.2 Å². The Morgan fingerprint density at radius 1 is 0.885 bits per heavy atom. The molecule has 0 bridgehead atoms. The quantitative estimate of drug-likeness (QED) is 0.534. The predicted octanol–water partition coefficient (Wildman–Crippen LogP) is 7.09. The molecule has 2 aromatic carbocycles. The number of hydrogen-bond acceptors (Lipinski definition) is 0. The Kier molecular flexibility index (Phi) is 6.05. The minimum atomic E-state index is -0.965. The molecule has 0 heterocycles. The summed E-state index contributed by atoms with van der Waals surface area (Å²) in [6.07, 6.45) is 7.41. The van der Waals surface area contributed by atoms with Crippen LogP contribution in [0.15, 0.2) is 30.3 Å². The predicted molar refractivity (Wildman–Crippen MR) is 101 cm³/mol. The lowest BCUT2D eigenvalue weighted by atomic mass is 9.80. The molecule has 0 spiro atoms. The van der Waals surface area contributed by atoms with E-state index >= 15 is 0 Å². The molecule has 3 rings (SSSR count). The second kappa shape index (κ2) is 8.28. The number of aryl methyl sites for hydroxylation is 2. The zero-order valence-electron chi connectivity index (χ0n) is 15.6. The topological polar surface area (TPSA) is 0 Å². The smallest absolute Gasteiger partial charge is 0.167 e. The summed E-state index contributed by atoms with van der Waals surface area (Å²) in [6, 6.07) is 7.90. The van der Waals surface area contributed by atoms with E-state index in [9.17, 15) is 13.2 Å². The number of hydrogen-bond donors (Lipinski definition) is 0. The van der Waals surface area contributed by atoms with Gasteiger partial charge >= 0.3 is 0 Å². The molecule has 0 N–H and O–H groups in total. The van der Waals surface area contributed by atoms with Crippen LogP contribution in [0.5, 0.6) is 0 Å². The Balaban J connectivity index is 1.73. The van der Waals surface area contributed by atoms with Crippen LogP contribution in [0.1, 0.15) is 57.1 Å². The third-order valence-corrected chi connectivity index (χ3v) is 5.84. The first kappa shape index (κ1) is 19.0. The van der Waals surface area contributed by atoms with Crippen LogP contribution in [0.4, 0.5) is 13.2 Å². The molecule has 0 aliphatic heterocycles. The molecule has 140 valence electrons. The highest BCUT2D eigenvalue weighted by molar-refractivity contribution is 5.66.